The zero-order valence-corrected chi connectivity index (χ0v) is 19.2. The number of hydrogen-bond donors (Lipinski definition) is 1. The van der Waals surface area contributed by atoms with Crippen molar-refractivity contribution in [1.29, 1.82) is 0 Å². The summed E-state index contributed by atoms with van der Waals surface area (Å²) in [7, 11) is -3.71. The summed E-state index contributed by atoms with van der Waals surface area (Å²) < 4.78 is 37.3. The Labute approximate surface area is 192 Å². The standard InChI is InChI=1S/C24H26N2O6S/c1-15(12-23(27)25-18-4-7-21-22(14-18)32-11-10-31-21)33(29,30)19-5-6-20-17(13-19)8-9-26(20)24(28)16-2-3-16/h4-7,13-16H,2-3,8-12H2,1H3,(H,25,27)/t15-/m0/s1. The number of ether oxygens (including phenoxy) is 2. The summed E-state index contributed by atoms with van der Waals surface area (Å²) in [5.41, 5.74) is 2.18. The van der Waals surface area contributed by atoms with Gasteiger partial charge < -0.3 is 19.7 Å². The van der Waals surface area contributed by atoms with Crippen molar-refractivity contribution in [1.82, 2.24) is 0 Å². The van der Waals surface area contributed by atoms with Crippen molar-refractivity contribution in [3.8, 4) is 11.5 Å². The first kappa shape index (κ1) is 21.8. The second-order valence-corrected chi connectivity index (χ2v) is 11.1. The molecule has 0 unspecified atom stereocenters. The molecule has 9 heteroatoms. The summed E-state index contributed by atoms with van der Waals surface area (Å²) >= 11 is 0. The molecule has 2 amide bonds. The number of amides is 2. The van der Waals surface area contributed by atoms with Crippen LogP contribution >= 0.6 is 0 Å². The Kier molecular flexibility index (Phi) is 5.52. The molecule has 2 heterocycles. The Hall–Kier alpha value is -3.07. The van der Waals surface area contributed by atoms with Crippen LogP contribution in [0.4, 0.5) is 11.4 Å². The van der Waals surface area contributed by atoms with Crippen molar-refractivity contribution < 1.29 is 27.5 Å². The van der Waals surface area contributed by atoms with Crippen LogP contribution in [0.1, 0.15) is 31.7 Å². The maximum absolute atomic E-state index is 13.1. The minimum Gasteiger partial charge on any atom is -0.486 e. The topological polar surface area (TPSA) is 102 Å². The average molecular weight is 471 g/mol. The van der Waals surface area contributed by atoms with Crippen LogP contribution in [0, 0.1) is 5.92 Å². The molecule has 1 saturated carbocycles. The minimum absolute atomic E-state index is 0.118. The molecule has 1 aliphatic carbocycles. The molecule has 2 aromatic carbocycles. The van der Waals surface area contributed by atoms with Crippen molar-refractivity contribution in [2.75, 3.05) is 30.0 Å². The van der Waals surface area contributed by atoms with E-state index in [1.165, 1.54) is 6.92 Å². The summed E-state index contributed by atoms with van der Waals surface area (Å²) in [4.78, 5) is 27.0. The van der Waals surface area contributed by atoms with Crippen LogP contribution in [-0.2, 0) is 25.8 Å². The molecule has 2 aromatic rings. The first-order valence-corrected chi connectivity index (χ1v) is 12.8. The van der Waals surface area contributed by atoms with Gasteiger partial charge >= 0.3 is 0 Å². The molecular formula is C24H26N2O6S. The Morgan fingerprint density at radius 3 is 2.61 bits per heavy atom. The summed E-state index contributed by atoms with van der Waals surface area (Å²) in [6.45, 7) is 3.04. The van der Waals surface area contributed by atoms with E-state index in [1.54, 1.807) is 41.3 Å². The molecule has 1 atom stereocenters. The van der Waals surface area contributed by atoms with E-state index in [0.29, 0.717) is 43.4 Å². The van der Waals surface area contributed by atoms with Gasteiger partial charge in [0, 0.05) is 36.3 Å². The Morgan fingerprint density at radius 2 is 1.85 bits per heavy atom. The molecule has 5 rings (SSSR count). The quantitative estimate of drug-likeness (QED) is 0.697. The number of sulfone groups is 1. The fraction of sp³-hybridized carbons (Fsp3) is 0.417. The van der Waals surface area contributed by atoms with Gasteiger partial charge in [0.25, 0.3) is 0 Å². The Bertz CT molecular complexity index is 1220. The summed E-state index contributed by atoms with van der Waals surface area (Å²) in [5.74, 6) is 1.02. The molecule has 0 aromatic heterocycles. The highest BCUT2D eigenvalue weighted by molar-refractivity contribution is 7.92. The lowest BCUT2D eigenvalue weighted by molar-refractivity contribution is -0.119. The lowest BCUT2D eigenvalue weighted by Crippen LogP contribution is -2.30. The van der Waals surface area contributed by atoms with Gasteiger partial charge in [0.1, 0.15) is 13.2 Å². The van der Waals surface area contributed by atoms with Crippen LogP contribution in [0.5, 0.6) is 11.5 Å². The lowest BCUT2D eigenvalue weighted by Gasteiger charge is -2.19. The fourth-order valence-corrected chi connectivity index (χ4v) is 5.67. The zero-order chi connectivity index (χ0) is 23.2. The molecule has 0 saturated heterocycles. The van der Waals surface area contributed by atoms with Gasteiger partial charge in [0.15, 0.2) is 21.3 Å². The number of fused-ring (bicyclic) bond motifs is 2. The number of benzene rings is 2. The van der Waals surface area contributed by atoms with E-state index in [-0.39, 0.29) is 23.1 Å². The third kappa shape index (κ3) is 4.29. The lowest BCUT2D eigenvalue weighted by atomic mass is 10.2. The average Bonchev–Trinajstić information content (AvgIpc) is 3.57. The van der Waals surface area contributed by atoms with Crippen molar-refractivity contribution >= 4 is 33.0 Å². The van der Waals surface area contributed by atoms with Gasteiger partial charge in [-0.3, -0.25) is 9.59 Å². The predicted octanol–water partition coefficient (Wildman–Crippen LogP) is 2.95. The molecule has 0 bridgehead atoms. The number of nitrogens with one attached hydrogen (secondary N) is 1. The number of carbonyl (C=O) groups excluding carboxylic acids is 2. The van der Waals surface area contributed by atoms with Gasteiger partial charge in [-0.25, -0.2) is 8.42 Å². The normalized spacial score (nSPS) is 17.9. The Balaban J connectivity index is 1.26. The SMILES string of the molecule is C[C@@H](CC(=O)Nc1ccc2c(c1)OCCO2)S(=O)(=O)c1ccc2c(c1)CCN2C(=O)C1CC1. The molecule has 1 fully saturated rings. The number of rotatable bonds is 6. The monoisotopic (exact) mass is 470 g/mol. The highest BCUT2D eigenvalue weighted by Gasteiger charge is 2.37. The van der Waals surface area contributed by atoms with E-state index in [4.69, 9.17) is 9.47 Å². The number of hydrogen-bond acceptors (Lipinski definition) is 6. The molecule has 3 aliphatic rings. The van der Waals surface area contributed by atoms with Gasteiger partial charge in [0.05, 0.1) is 10.1 Å². The molecule has 8 nitrogen and oxygen atoms in total. The third-order valence-electron chi connectivity index (χ3n) is 6.30. The predicted molar refractivity (Wildman–Crippen MR) is 123 cm³/mol. The van der Waals surface area contributed by atoms with E-state index < -0.39 is 21.0 Å². The molecule has 2 aliphatic heterocycles. The summed E-state index contributed by atoms with van der Waals surface area (Å²) in [6.07, 6.45) is 2.32. The fourth-order valence-electron chi connectivity index (χ4n) is 4.27. The van der Waals surface area contributed by atoms with Crippen LogP contribution < -0.4 is 19.7 Å². The first-order valence-electron chi connectivity index (χ1n) is 11.2. The van der Waals surface area contributed by atoms with Crippen molar-refractivity contribution in [3.05, 3.63) is 42.0 Å². The molecule has 0 radical (unpaired) electrons. The van der Waals surface area contributed by atoms with Gasteiger partial charge in [0.2, 0.25) is 11.8 Å². The van der Waals surface area contributed by atoms with E-state index in [1.807, 2.05) is 0 Å². The van der Waals surface area contributed by atoms with Crippen LogP contribution in [0.25, 0.3) is 0 Å². The Morgan fingerprint density at radius 1 is 1.09 bits per heavy atom. The molecule has 0 spiro atoms. The van der Waals surface area contributed by atoms with Gasteiger partial charge in [-0.2, -0.15) is 0 Å². The second kappa shape index (κ2) is 8.37. The van der Waals surface area contributed by atoms with Crippen LogP contribution in [0.3, 0.4) is 0 Å². The largest absolute Gasteiger partial charge is 0.486 e. The first-order chi connectivity index (χ1) is 15.8. The van der Waals surface area contributed by atoms with Gasteiger partial charge in [-0.1, -0.05) is 0 Å². The van der Waals surface area contributed by atoms with Crippen LogP contribution in [-0.4, -0.2) is 45.2 Å². The van der Waals surface area contributed by atoms with Crippen molar-refractivity contribution in [2.24, 2.45) is 5.92 Å². The smallest absolute Gasteiger partial charge is 0.230 e. The molecule has 1 N–H and O–H groups in total. The molecule has 33 heavy (non-hydrogen) atoms. The highest BCUT2D eigenvalue weighted by Crippen LogP contribution is 2.38. The van der Waals surface area contributed by atoms with E-state index in [0.717, 1.165) is 24.1 Å². The van der Waals surface area contributed by atoms with Crippen LogP contribution in [0.2, 0.25) is 0 Å². The van der Waals surface area contributed by atoms with E-state index in [9.17, 15) is 18.0 Å². The molecule has 174 valence electrons. The second-order valence-electron chi connectivity index (χ2n) is 8.77. The number of carbonyl (C=O) groups is 2. The van der Waals surface area contributed by atoms with E-state index >= 15 is 0 Å². The van der Waals surface area contributed by atoms with Crippen molar-refractivity contribution in [2.45, 2.75) is 42.8 Å². The van der Waals surface area contributed by atoms with E-state index in [2.05, 4.69) is 5.32 Å². The van der Waals surface area contributed by atoms with Gasteiger partial charge in [-0.15, -0.1) is 0 Å². The van der Waals surface area contributed by atoms with Gasteiger partial charge in [-0.05, 0) is 62.1 Å². The minimum atomic E-state index is -3.71. The van der Waals surface area contributed by atoms with Crippen LogP contribution in [0.15, 0.2) is 41.3 Å². The number of anilines is 2. The number of nitrogens with zero attached hydrogens (tertiary/aromatic N) is 1. The third-order valence-corrected chi connectivity index (χ3v) is 8.43. The molecular weight excluding hydrogens is 444 g/mol. The summed E-state index contributed by atoms with van der Waals surface area (Å²) in [5, 5.41) is 1.84. The maximum Gasteiger partial charge on any atom is 0.230 e. The maximum atomic E-state index is 13.1. The zero-order valence-electron chi connectivity index (χ0n) is 18.4. The van der Waals surface area contributed by atoms with Crippen molar-refractivity contribution in [3.63, 3.8) is 0 Å². The highest BCUT2D eigenvalue weighted by atomic mass is 32.2. The summed E-state index contributed by atoms with van der Waals surface area (Å²) in [6, 6.07) is 9.99.